The Balaban J connectivity index is 3.55. The Morgan fingerprint density at radius 3 is 2.31 bits per heavy atom. The van der Waals surface area contributed by atoms with Gasteiger partial charge in [-0.3, -0.25) is 4.79 Å². The van der Waals surface area contributed by atoms with Crippen LogP contribution in [0.1, 0.15) is 15.9 Å². The van der Waals surface area contributed by atoms with E-state index in [-0.39, 0.29) is 5.02 Å². The maximum atomic E-state index is 12.6. The Labute approximate surface area is 98.9 Å². The number of carbonyl (C=O) groups excluding carboxylic acids is 1. The smallest absolute Gasteiger partial charge is 0.420 e. The maximum absolute atomic E-state index is 12.6. The van der Waals surface area contributed by atoms with E-state index in [2.05, 4.69) is 4.74 Å². The summed E-state index contributed by atoms with van der Waals surface area (Å²) in [7, 11) is 1.02. The van der Waals surface area contributed by atoms with Crippen LogP contribution in [-0.4, -0.2) is 12.4 Å². The zero-order chi connectivity index (χ0) is 12.5. The summed E-state index contributed by atoms with van der Waals surface area (Å²) in [5.41, 5.74) is -1.55. The Morgan fingerprint density at radius 1 is 1.38 bits per heavy atom. The molecule has 0 heterocycles. The summed E-state index contributed by atoms with van der Waals surface area (Å²) in [6.45, 7) is 0. The van der Waals surface area contributed by atoms with Gasteiger partial charge in [0.25, 0.3) is 5.24 Å². The number of halogens is 5. The molecule has 1 aromatic rings. The van der Waals surface area contributed by atoms with Gasteiger partial charge in [-0.15, -0.1) is 0 Å². The predicted octanol–water partition coefficient (Wildman–Crippen LogP) is 3.75. The lowest BCUT2D eigenvalue weighted by molar-refractivity contribution is -0.138. The second-order valence-corrected chi connectivity index (χ2v) is 3.59. The zero-order valence-electron chi connectivity index (χ0n) is 7.86. The number of ether oxygens (including phenoxy) is 1. The van der Waals surface area contributed by atoms with Crippen LogP contribution in [0.3, 0.4) is 0 Å². The average Bonchev–Trinajstić information content (AvgIpc) is 2.14. The highest BCUT2D eigenvalue weighted by Crippen LogP contribution is 2.40. The molecule has 0 saturated heterocycles. The molecule has 0 aliphatic carbocycles. The minimum Gasteiger partial charge on any atom is -0.495 e. The van der Waals surface area contributed by atoms with Gasteiger partial charge in [-0.25, -0.2) is 0 Å². The van der Waals surface area contributed by atoms with E-state index in [0.717, 1.165) is 13.2 Å². The van der Waals surface area contributed by atoms with Crippen LogP contribution in [0.4, 0.5) is 13.2 Å². The zero-order valence-corrected chi connectivity index (χ0v) is 9.37. The highest BCUT2D eigenvalue weighted by Gasteiger charge is 2.36. The largest absolute Gasteiger partial charge is 0.495 e. The molecule has 0 bridgehead atoms. The van der Waals surface area contributed by atoms with Crippen LogP contribution in [0.15, 0.2) is 12.1 Å². The second-order valence-electron chi connectivity index (χ2n) is 2.81. The molecule has 16 heavy (non-hydrogen) atoms. The van der Waals surface area contributed by atoms with Crippen molar-refractivity contribution in [1.29, 1.82) is 0 Å². The number of benzene rings is 1. The van der Waals surface area contributed by atoms with Crippen LogP contribution in [0.2, 0.25) is 5.02 Å². The Bertz CT molecular complexity index is 429. The van der Waals surface area contributed by atoms with Crippen LogP contribution >= 0.6 is 23.2 Å². The molecular formula is C9H5Cl2F3O2. The average molecular weight is 273 g/mol. The van der Waals surface area contributed by atoms with E-state index < -0.39 is 28.3 Å². The summed E-state index contributed by atoms with van der Waals surface area (Å²) in [6, 6.07) is 1.69. The molecule has 0 spiro atoms. The van der Waals surface area contributed by atoms with Gasteiger partial charge in [-0.2, -0.15) is 13.2 Å². The van der Waals surface area contributed by atoms with Crippen molar-refractivity contribution in [3.63, 3.8) is 0 Å². The molecule has 7 heteroatoms. The predicted molar refractivity (Wildman–Crippen MR) is 53.2 cm³/mol. The van der Waals surface area contributed by atoms with Gasteiger partial charge in [0.05, 0.1) is 18.2 Å². The summed E-state index contributed by atoms with van der Waals surface area (Å²) in [6.07, 6.45) is -4.67. The quantitative estimate of drug-likeness (QED) is 0.767. The van der Waals surface area contributed by atoms with Crippen LogP contribution in [0.25, 0.3) is 0 Å². The number of methoxy groups -OCH3 is 1. The van der Waals surface area contributed by atoms with Crippen molar-refractivity contribution >= 4 is 28.4 Å². The first kappa shape index (κ1) is 13.1. The molecule has 1 aromatic carbocycles. The Hall–Kier alpha value is -0.940. The topological polar surface area (TPSA) is 26.3 Å². The minimum absolute atomic E-state index is 0.239. The highest BCUT2D eigenvalue weighted by atomic mass is 35.5. The van der Waals surface area contributed by atoms with Gasteiger partial charge >= 0.3 is 6.18 Å². The van der Waals surface area contributed by atoms with Crippen LogP contribution in [-0.2, 0) is 6.18 Å². The van der Waals surface area contributed by atoms with Gasteiger partial charge in [-0.05, 0) is 23.7 Å². The van der Waals surface area contributed by atoms with E-state index in [9.17, 15) is 18.0 Å². The Morgan fingerprint density at radius 2 is 1.94 bits per heavy atom. The van der Waals surface area contributed by atoms with Crippen molar-refractivity contribution < 1.29 is 22.7 Å². The molecule has 0 aromatic heterocycles. The third kappa shape index (κ3) is 2.59. The molecule has 0 fully saturated rings. The fraction of sp³-hybridized carbons (Fsp3) is 0.222. The number of carbonyl (C=O) groups is 1. The highest BCUT2D eigenvalue weighted by molar-refractivity contribution is 6.68. The fourth-order valence-electron chi connectivity index (χ4n) is 1.17. The summed E-state index contributed by atoms with van der Waals surface area (Å²) < 4.78 is 42.2. The number of hydrogen-bond donors (Lipinski definition) is 0. The lowest BCUT2D eigenvalue weighted by Crippen LogP contribution is -2.10. The van der Waals surface area contributed by atoms with E-state index in [1.165, 1.54) is 0 Å². The second kappa shape index (κ2) is 4.51. The third-order valence-corrected chi connectivity index (χ3v) is 2.20. The van der Waals surface area contributed by atoms with E-state index in [1.807, 2.05) is 0 Å². The van der Waals surface area contributed by atoms with Crippen molar-refractivity contribution in [2.24, 2.45) is 0 Å². The standard InChI is InChI=1S/C9H5Cl2F3O2/c1-16-7-5(8(11)15)2-4(10)3-6(7)9(12,13)14/h2-3H,1H3. The van der Waals surface area contributed by atoms with Crippen LogP contribution in [0, 0.1) is 0 Å². The van der Waals surface area contributed by atoms with Crippen molar-refractivity contribution in [3.05, 3.63) is 28.3 Å². The van der Waals surface area contributed by atoms with Crippen LogP contribution < -0.4 is 4.74 Å². The maximum Gasteiger partial charge on any atom is 0.420 e. The molecule has 2 nitrogen and oxygen atoms in total. The molecular weight excluding hydrogens is 268 g/mol. The molecule has 0 unspecified atom stereocenters. The van der Waals surface area contributed by atoms with E-state index in [4.69, 9.17) is 23.2 Å². The summed E-state index contributed by atoms with van der Waals surface area (Å²) >= 11 is 10.6. The van der Waals surface area contributed by atoms with Gasteiger partial charge in [0.1, 0.15) is 5.75 Å². The SMILES string of the molecule is COc1c(C(=O)Cl)cc(Cl)cc1C(F)(F)F. The van der Waals surface area contributed by atoms with Crippen molar-refractivity contribution in [2.75, 3.05) is 7.11 Å². The molecule has 1 rings (SSSR count). The normalized spacial score (nSPS) is 11.4. The summed E-state index contributed by atoms with van der Waals surface area (Å²) in [4.78, 5) is 10.9. The summed E-state index contributed by atoms with van der Waals surface area (Å²) in [5, 5.41) is -1.30. The first-order chi connectivity index (χ1) is 7.27. The van der Waals surface area contributed by atoms with Crippen LogP contribution in [0.5, 0.6) is 5.75 Å². The first-order valence-electron chi connectivity index (χ1n) is 3.92. The van der Waals surface area contributed by atoms with E-state index in [0.29, 0.717) is 6.07 Å². The van der Waals surface area contributed by atoms with Gasteiger partial charge in [0.15, 0.2) is 0 Å². The van der Waals surface area contributed by atoms with E-state index in [1.54, 1.807) is 0 Å². The summed E-state index contributed by atoms with van der Waals surface area (Å²) in [5.74, 6) is -0.628. The minimum atomic E-state index is -4.67. The fourth-order valence-corrected chi connectivity index (χ4v) is 1.53. The van der Waals surface area contributed by atoms with Gasteiger partial charge in [0, 0.05) is 5.02 Å². The molecule has 88 valence electrons. The van der Waals surface area contributed by atoms with Gasteiger partial charge in [0.2, 0.25) is 0 Å². The first-order valence-corrected chi connectivity index (χ1v) is 4.67. The van der Waals surface area contributed by atoms with Crippen molar-refractivity contribution in [3.8, 4) is 5.75 Å². The molecule has 0 amide bonds. The number of rotatable bonds is 2. The monoisotopic (exact) mass is 272 g/mol. The molecule has 0 atom stereocenters. The number of hydrogen-bond acceptors (Lipinski definition) is 2. The lowest BCUT2D eigenvalue weighted by atomic mass is 10.1. The molecule has 0 radical (unpaired) electrons. The molecule has 0 saturated carbocycles. The molecule has 0 N–H and O–H groups in total. The third-order valence-electron chi connectivity index (χ3n) is 1.77. The van der Waals surface area contributed by atoms with Gasteiger partial charge < -0.3 is 4.74 Å². The van der Waals surface area contributed by atoms with Crippen molar-refractivity contribution in [2.45, 2.75) is 6.18 Å². The Kier molecular flexibility index (Phi) is 3.70. The van der Waals surface area contributed by atoms with Crippen molar-refractivity contribution in [1.82, 2.24) is 0 Å². The molecule has 0 aliphatic heterocycles. The number of alkyl halides is 3. The van der Waals surface area contributed by atoms with E-state index >= 15 is 0 Å². The van der Waals surface area contributed by atoms with Gasteiger partial charge in [-0.1, -0.05) is 11.6 Å². The lowest BCUT2D eigenvalue weighted by Gasteiger charge is -2.14. The molecule has 0 aliphatic rings.